The third-order valence-corrected chi connectivity index (χ3v) is 2.46. The van der Waals surface area contributed by atoms with Gasteiger partial charge in [0.25, 0.3) is 0 Å². The van der Waals surface area contributed by atoms with Gasteiger partial charge in [-0.15, -0.1) is 6.58 Å². The summed E-state index contributed by atoms with van der Waals surface area (Å²) < 4.78 is 2.01. The van der Waals surface area contributed by atoms with Crippen LogP contribution in [-0.4, -0.2) is 23.4 Å². The van der Waals surface area contributed by atoms with E-state index in [1.807, 2.05) is 17.8 Å². The number of likely N-dealkylation sites (N-methyl/N-ethyl adjacent to an activating group) is 1. The molecular weight excluding hydrogens is 174 g/mol. The molecule has 0 amide bonds. The second-order valence-electron chi connectivity index (χ2n) is 3.47. The first kappa shape index (κ1) is 11.0. The van der Waals surface area contributed by atoms with Crippen LogP contribution in [0.15, 0.2) is 12.7 Å². The Morgan fingerprint density at radius 1 is 1.50 bits per heavy atom. The van der Waals surface area contributed by atoms with Crippen molar-refractivity contribution in [1.82, 2.24) is 15.1 Å². The molecule has 0 aliphatic heterocycles. The largest absolute Gasteiger partial charge is 0.319 e. The average molecular weight is 193 g/mol. The predicted molar refractivity (Wildman–Crippen MR) is 59.5 cm³/mol. The lowest BCUT2D eigenvalue weighted by molar-refractivity contribution is 0.671. The van der Waals surface area contributed by atoms with Gasteiger partial charge in [-0.1, -0.05) is 6.08 Å². The fourth-order valence-corrected chi connectivity index (χ4v) is 1.65. The molecule has 0 aromatic carbocycles. The molecular formula is C11H19N3. The third-order valence-electron chi connectivity index (χ3n) is 2.46. The van der Waals surface area contributed by atoms with Crippen molar-refractivity contribution in [3.05, 3.63) is 29.6 Å². The molecule has 0 aliphatic rings. The first-order chi connectivity index (χ1) is 6.70. The number of rotatable bonds is 5. The zero-order chi connectivity index (χ0) is 10.6. The van der Waals surface area contributed by atoms with Crippen molar-refractivity contribution < 1.29 is 0 Å². The Bertz CT molecular complexity index is 313. The van der Waals surface area contributed by atoms with E-state index in [9.17, 15) is 0 Å². The first-order valence-electron chi connectivity index (χ1n) is 4.99. The number of aromatic nitrogens is 2. The highest BCUT2D eigenvalue weighted by Gasteiger charge is 2.09. The highest BCUT2D eigenvalue weighted by atomic mass is 15.3. The lowest BCUT2D eigenvalue weighted by Gasteiger charge is -2.02. The fourth-order valence-electron chi connectivity index (χ4n) is 1.65. The molecule has 1 rings (SSSR count). The number of nitrogens with one attached hydrogen (secondary N) is 1. The molecule has 1 N–H and O–H groups in total. The molecule has 3 nitrogen and oxygen atoms in total. The van der Waals surface area contributed by atoms with Gasteiger partial charge in [0.1, 0.15) is 0 Å². The van der Waals surface area contributed by atoms with Crippen molar-refractivity contribution in [3.8, 4) is 0 Å². The number of hydrogen-bond donors (Lipinski definition) is 1. The smallest absolute Gasteiger partial charge is 0.0629 e. The van der Waals surface area contributed by atoms with Crippen molar-refractivity contribution >= 4 is 0 Å². The second kappa shape index (κ2) is 4.96. The average Bonchev–Trinajstić information content (AvgIpc) is 2.41. The monoisotopic (exact) mass is 193 g/mol. The van der Waals surface area contributed by atoms with Gasteiger partial charge in [-0.05, 0) is 39.4 Å². The van der Waals surface area contributed by atoms with Crippen molar-refractivity contribution in [2.45, 2.75) is 26.8 Å². The normalized spacial score (nSPS) is 10.5. The van der Waals surface area contributed by atoms with Crippen LogP contribution in [-0.2, 0) is 13.0 Å². The fraction of sp³-hybridized carbons (Fsp3) is 0.545. The van der Waals surface area contributed by atoms with Crippen LogP contribution in [0.3, 0.4) is 0 Å². The second-order valence-corrected chi connectivity index (χ2v) is 3.47. The molecule has 0 saturated carbocycles. The number of hydrogen-bond acceptors (Lipinski definition) is 2. The van der Waals surface area contributed by atoms with Gasteiger partial charge in [-0.25, -0.2) is 0 Å². The minimum Gasteiger partial charge on any atom is -0.319 e. The zero-order valence-electron chi connectivity index (χ0n) is 9.30. The summed E-state index contributed by atoms with van der Waals surface area (Å²) in [5.74, 6) is 0. The number of aryl methyl sites for hydroxylation is 1. The van der Waals surface area contributed by atoms with E-state index < -0.39 is 0 Å². The summed E-state index contributed by atoms with van der Waals surface area (Å²) in [6.45, 7) is 9.71. The molecule has 3 heteroatoms. The van der Waals surface area contributed by atoms with Crippen LogP contribution in [0.5, 0.6) is 0 Å². The molecule has 14 heavy (non-hydrogen) atoms. The van der Waals surface area contributed by atoms with E-state index in [1.54, 1.807) is 0 Å². The van der Waals surface area contributed by atoms with Gasteiger partial charge in [0.05, 0.1) is 12.2 Å². The predicted octanol–water partition coefficient (Wildman–Crippen LogP) is 1.45. The van der Waals surface area contributed by atoms with Gasteiger partial charge in [-0.3, -0.25) is 4.68 Å². The van der Waals surface area contributed by atoms with Crippen LogP contribution in [0.4, 0.5) is 0 Å². The minimum absolute atomic E-state index is 0.798. The lowest BCUT2D eigenvalue weighted by Crippen LogP contribution is -2.11. The molecule has 1 aromatic heterocycles. The number of nitrogens with zero attached hydrogens (tertiary/aromatic N) is 2. The SMILES string of the molecule is C=CCn1nc(C)c(CCNC)c1C. The molecule has 0 aliphatic carbocycles. The molecule has 1 aromatic rings. The van der Waals surface area contributed by atoms with Crippen molar-refractivity contribution in [3.63, 3.8) is 0 Å². The Hall–Kier alpha value is -1.09. The van der Waals surface area contributed by atoms with Gasteiger partial charge >= 0.3 is 0 Å². The molecule has 0 atom stereocenters. The topological polar surface area (TPSA) is 29.9 Å². The van der Waals surface area contributed by atoms with Crippen LogP contribution in [0.2, 0.25) is 0 Å². The summed E-state index contributed by atoms with van der Waals surface area (Å²) in [5.41, 5.74) is 3.76. The van der Waals surface area contributed by atoms with Crippen LogP contribution in [0.25, 0.3) is 0 Å². The van der Waals surface area contributed by atoms with E-state index in [0.29, 0.717) is 0 Å². The van der Waals surface area contributed by atoms with Gasteiger partial charge in [0, 0.05) is 5.69 Å². The van der Waals surface area contributed by atoms with E-state index in [4.69, 9.17) is 0 Å². The minimum atomic E-state index is 0.798. The molecule has 0 spiro atoms. The summed E-state index contributed by atoms with van der Waals surface area (Å²) in [5, 5.41) is 7.63. The summed E-state index contributed by atoms with van der Waals surface area (Å²) >= 11 is 0. The van der Waals surface area contributed by atoms with E-state index in [0.717, 1.165) is 25.2 Å². The van der Waals surface area contributed by atoms with Crippen molar-refractivity contribution in [1.29, 1.82) is 0 Å². The van der Waals surface area contributed by atoms with Crippen LogP contribution in [0, 0.1) is 13.8 Å². The Kier molecular flexibility index (Phi) is 3.89. The lowest BCUT2D eigenvalue weighted by atomic mass is 10.1. The summed E-state index contributed by atoms with van der Waals surface area (Å²) in [7, 11) is 1.97. The highest BCUT2D eigenvalue weighted by molar-refractivity contribution is 5.25. The van der Waals surface area contributed by atoms with Crippen LogP contribution < -0.4 is 5.32 Å². The summed E-state index contributed by atoms with van der Waals surface area (Å²) in [6, 6.07) is 0. The Morgan fingerprint density at radius 3 is 2.79 bits per heavy atom. The zero-order valence-corrected chi connectivity index (χ0v) is 9.30. The molecule has 0 fully saturated rings. The highest BCUT2D eigenvalue weighted by Crippen LogP contribution is 2.13. The molecule has 0 bridgehead atoms. The summed E-state index contributed by atoms with van der Waals surface area (Å²) in [6.07, 6.45) is 2.92. The van der Waals surface area contributed by atoms with Gasteiger partial charge in [0.15, 0.2) is 0 Å². The Morgan fingerprint density at radius 2 is 2.21 bits per heavy atom. The van der Waals surface area contributed by atoms with E-state index in [2.05, 4.69) is 30.8 Å². The molecule has 78 valence electrons. The molecule has 0 unspecified atom stereocenters. The van der Waals surface area contributed by atoms with E-state index in [1.165, 1.54) is 11.3 Å². The van der Waals surface area contributed by atoms with Crippen LogP contribution >= 0.6 is 0 Å². The quantitative estimate of drug-likeness (QED) is 0.717. The first-order valence-corrected chi connectivity index (χ1v) is 4.99. The van der Waals surface area contributed by atoms with Gasteiger partial charge < -0.3 is 5.32 Å². The Balaban J connectivity index is 2.86. The molecule has 0 radical (unpaired) electrons. The standard InChI is InChI=1S/C11H19N3/c1-5-8-14-10(3)11(6-7-12-4)9(2)13-14/h5,12H,1,6-8H2,2-4H3. The summed E-state index contributed by atoms with van der Waals surface area (Å²) in [4.78, 5) is 0. The number of allylic oxidation sites excluding steroid dienone is 1. The van der Waals surface area contributed by atoms with E-state index in [-0.39, 0.29) is 0 Å². The van der Waals surface area contributed by atoms with Gasteiger partial charge in [-0.2, -0.15) is 5.10 Å². The maximum absolute atomic E-state index is 4.47. The van der Waals surface area contributed by atoms with Crippen molar-refractivity contribution in [2.75, 3.05) is 13.6 Å². The third kappa shape index (κ3) is 2.23. The maximum atomic E-state index is 4.47. The molecule has 0 saturated heterocycles. The Labute approximate surface area is 85.8 Å². The van der Waals surface area contributed by atoms with E-state index >= 15 is 0 Å². The van der Waals surface area contributed by atoms with Gasteiger partial charge in [0.2, 0.25) is 0 Å². The van der Waals surface area contributed by atoms with Crippen LogP contribution in [0.1, 0.15) is 17.0 Å². The van der Waals surface area contributed by atoms with Crippen molar-refractivity contribution in [2.24, 2.45) is 0 Å². The maximum Gasteiger partial charge on any atom is 0.0629 e. The molecule has 1 heterocycles.